The molecule has 1 N–H and O–H groups in total. The molecule has 2 rings (SSSR count). The molecule has 2 aromatic rings. The highest BCUT2D eigenvalue weighted by atomic mass is 16.5. The molecule has 0 unspecified atom stereocenters. The summed E-state index contributed by atoms with van der Waals surface area (Å²) in [5.41, 5.74) is 3.22. The number of rotatable bonds is 7. The van der Waals surface area contributed by atoms with Crippen LogP contribution in [0.25, 0.3) is 0 Å². The monoisotopic (exact) mass is 270 g/mol. The standard InChI is InChI=1S/C17H22N2O/c1-14(2)18-11-16-9-6-10-17(19-16)13-20-12-15-7-4-3-5-8-15/h3-10,14,18H,11-13H2,1-2H3. The van der Waals surface area contributed by atoms with Crippen LogP contribution in [-0.4, -0.2) is 11.0 Å². The Morgan fingerprint density at radius 3 is 2.45 bits per heavy atom. The molecule has 0 bridgehead atoms. The number of benzene rings is 1. The third-order valence-corrected chi connectivity index (χ3v) is 2.92. The van der Waals surface area contributed by atoms with Gasteiger partial charge in [0.2, 0.25) is 0 Å². The van der Waals surface area contributed by atoms with Crippen molar-refractivity contribution >= 4 is 0 Å². The third kappa shape index (κ3) is 5.11. The van der Waals surface area contributed by atoms with E-state index in [1.807, 2.05) is 36.4 Å². The van der Waals surface area contributed by atoms with Crippen LogP contribution in [-0.2, 0) is 24.5 Å². The summed E-state index contributed by atoms with van der Waals surface area (Å²) in [5, 5.41) is 3.37. The molecule has 0 saturated heterocycles. The summed E-state index contributed by atoms with van der Waals surface area (Å²) >= 11 is 0. The van der Waals surface area contributed by atoms with Gasteiger partial charge >= 0.3 is 0 Å². The molecular formula is C17H22N2O. The Balaban J connectivity index is 1.82. The number of hydrogen-bond donors (Lipinski definition) is 1. The summed E-state index contributed by atoms with van der Waals surface area (Å²) < 4.78 is 5.70. The molecule has 0 amide bonds. The molecule has 0 fully saturated rings. The van der Waals surface area contributed by atoms with Crippen LogP contribution in [0.5, 0.6) is 0 Å². The summed E-state index contributed by atoms with van der Waals surface area (Å²) in [6.07, 6.45) is 0. The summed E-state index contributed by atoms with van der Waals surface area (Å²) in [4.78, 5) is 4.59. The molecule has 0 radical (unpaired) electrons. The second kappa shape index (κ2) is 7.78. The van der Waals surface area contributed by atoms with Crippen LogP contribution < -0.4 is 5.32 Å². The lowest BCUT2D eigenvalue weighted by Crippen LogP contribution is -2.22. The van der Waals surface area contributed by atoms with Crippen LogP contribution >= 0.6 is 0 Å². The molecule has 0 atom stereocenters. The quantitative estimate of drug-likeness (QED) is 0.838. The number of nitrogens with zero attached hydrogens (tertiary/aromatic N) is 1. The van der Waals surface area contributed by atoms with Gasteiger partial charge in [-0.15, -0.1) is 0 Å². The minimum Gasteiger partial charge on any atom is -0.370 e. The van der Waals surface area contributed by atoms with E-state index in [1.54, 1.807) is 0 Å². The first-order valence-electron chi connectivity index (χ1n) is 7.04. The maximum absolute atomic E-state index is 5.70. The molecule has 1 heterocycles. The zero-order chi connectivity index (χ0) is 14.2. The van der Waals surface area contributed by atoms with Gasteiger partial charge < -0.3 is 10.1 Å². The fraction of sp³-hybridized carbons (Fsp3) is 0.353. The van der Waals surface area contributed by atoms with E-state index >= 15 is 0 Å². The van der Waals surface area contributed by atoms with Crippen molar-refractivity contribution < 1.29 is 4.74 Å². The van der Waals surface area contributed by atoms with Crippen LogP contribution in [0.2, 0.25) is 0 Å². The van der Waals surface area contributed by atoms with Gasteiger partial charge in [0.25, 0.3) is 0 Å². The lowest BCUT2D eigenvalue weighted by Gasteiger charge is -2.09. The van der Waals surface area contributed by atoms with Gasteiger partial charge in [-0.3, -0.25) is 4.98 Å². The second-order valence-electron chi connectivity index (χ2n) is 5.13. The number of nitrogens with one attached hydrogen (secondary N) is 1. The fourth-order valence-electron chi connectivity index (χ4n) is 1.86. The molecule has 0 spiro atoms. The van der Waals surface area contributed by atoms with Crippen molar-refractivity contribution in [3.8, 4) is 0 Å². The molecule has 3 heteroatoms. The molecule has 106 valence electrons. The number of ether oxygens (including phenoxy) is 1. The molecule has 0 aliphatic heterocycles. The molecule has 0 aliphatic rings. The third-order valence-electron chi connectivity index (χ3n) is 2.92. The zero-order valence-electron chi connectivity index (χ0n) is 12.2. The van der Waals surface area contributed by atoms with Crippen molar-refractivity contribution in [2.75, 3.05) is 0 Å². The predicted octanol–water partition coefficient (Wildman–Crippen LogP) is 3.30. The lowest BCUT2D eigenvalue weighted by atomic mass is 10.2. The molecule has 1 aromatic heterocycles. The van der Waals surface area contributed by atoms with E-state index in [1.165, 1.54) is 5.56 Å². The number of hydrogen-bond acceptors (Lipinski definition) is 3. The van der Waals surface area contributed by atoms with Gasteiger partial charge in [-0.25, -0.2) is 0 Å². The van der Waals surface area contributed by atoms with Gasteiger partial charge in [0.15, 0.2) is 0 Å². The normalized spacial score (nSPS) is 10.9. The van der Waals surface area contributed by atoms with Crippen molar-refractivity contribution in [2.45, 2.75) is 39.6 Å². The Morgan fingerprint density at radius 1 is 0.950 bits per heavy atom. The van der Waals surface area contributed by atoms with E-state index in [4.69, 9.17) is 4.74 Å². The average molecular weight is 270 g/mol. The molecule has 1 aromatic carbocycles. The van der Waals surface area contributed by atoms with Crippen LogP contribution in [0.15, 0.2) is 48.5 Å². The van der Waals surface area contributed by atoms with E-state index in [2.05, 4.69) is 36.3 Å². The van der Waals surface area contributed by atoms with Gasteiger partial charge in [-0.1, -0.05) is 50.2 Å². The lowest BCUT2D eigenvalue weighted by molar-refractivity contribution is 0.104. The Hall–Kier alpha value is -1.71. The predicted molar refractivity (Wildman–Crippen MR) is 81.1 cm³/mol. The first kappa shape index (κ1) is 14.7. The first-order valence-corrected chi connectivity index (χ1v) is 7.04. The Bertz CT molecular complexity index is 511. The summed E-state index contributed by atoms with van der Waals surface area (Å²) in [7, 11) is 0. The minimum absolute atomic E-state index is 0.467. The summed E-state index contributed by atoms with van der Waals surface area (Å²) in [5.74, 6) is 0. The van der Waals surface area contributed by atoms with Gasteiger partial charge in [0.05, 0.1) is 24.6 Å². The topological polar surface area (TPSA) is 34.1 Å². The Labute approximate surface area is 121 Å². The molecule has 0 aliphatic carbocycles. The van der Waals surface area contributed by atoms with E-state index in [0.29, 0.717) is 19.3 Å². The Morgan fingerprint density at radius 2 is 1.70 bits per heavy atom. The van der Waals surface area contributed by atoms with Crippen LogP contribution in [0.4, 0.5) is 0 Å². The molecular weight excluding hydrogens is 248 g/mol. The van der Waals surface area contributed by atoms with E-state index < -0.39 is 0 Å². The second-order valence-corrected chi connectivity index (χ2v) is 5.13. The van der Waals surface area contributed by atoms with E-state index in [9.17, 15) is 0 Å². The molecule has 3 nitrogen and oxygen atoms in total. The van der Waals surface area contributed by atoms with Crippen molar-refractivity contribution in [3.05, 3.63) is 65.5 Å². The smallest absolute Gasteiger partial charge is 0.0892 e. The number of pyridine rings is 1. The van der Waals surface area contributed by atoms with Gasteiger partial charge in [-0.2, -0.15) is 0 Å². The van der Waals surface area contributed by atoms with Crippen molar-refractivity contribution in [1.29, 1.82) is 0 Å². The summed E-state index contributed by atoms with van der Waals surface area (Å²) in [6.45, 7) is 6.23. The minimum atomic E-state index is 0.467. The SMILES string of the molecule is CC(C)NCc1cccc(COCc2ccccc2)n1. The highest BCUT2D eigenvalue weighted by Crippen LogP contribution is 2.05. The first-order chi connectivity index (χ1) is 9.74. The van der Waals surface area contributed by atoms with Crippen molar-refractivity contribution in [1.82, 2.24) is 10.3 Å². The maximum atomic E-state index is 5.70. The largest absolute Gasteiger partial charge is 0.370 e. The fourth-order valence-corrected chi connectivity index (χ4v) is 1.86. The van der Waals surface area contributed by atoms with E-state index in [-0.39, 0.29) is 0 Å². The van der Waals surface area contributed by atoms with E-state index in [0.717, 1.165) is 17.9 Å². The van der Waals surface area contributed by atoms with Gasteiger partial charge in [0.1, 0.15) is 0 Å². The highest BCUT2D eigenvalue weighted by Gasteiger charge is 2.00. The van der Waals surface area contributed by atoms with Crippen molar-refractivity contribution in [3.63, 3.8) is 0 Å². The van der Waals surface area contributed by atoms with Crippen LogP contribution in [0.1, 0.15) is 30.8 Å². The molecule has 0 saturated carbocycles. The van der Waals surface area contributed by atoms with Crippen LogP contribution in [0, 0.1) is 0 Å². The summed E-state index contributed by atoms with van der Waals surface area (Å²) in [6, 6.07) is 16.7. The van der Waals surface area contributed by atoms with Gasteiger partial charge in [0, 0.05) is 12.6 Å². The number of aromatic nitrogens is 1. The average Bonchev–Trinajstić information content (AvgIpc) is 2.47. The van der Waals surface area contributed by atoms with Crippen LogP contribution in [0.3, 0.4) is 0 Å². The van der Waals surface area contributed by atoms with Crippen molar-refractivity contribution in [2.24, 2.45) is 0 Å². The highest BCUT2D eigenvalue weighted by molar-refractivity contribution is 5.14. The Kier molecular flexibility index (Phi) is 5.71. The van der Waals surface area contributed by atoms with Gasteiger partial charge in [-0.05, 0) is 17.7 Å². The zero-order valence-corrected chi connectivity index (χ0v) is 12.2. The maximum Gasteiger partial charge on any atom is 0.0892 e. The molecule has 20 heavy (non-hydrogen) atoms.